The number of nitrogens with one attached hydrogen (secondary N) is 1. The van der Waals surface area contributed by atoms with Crippen molar-refractivity contribution in [3.05, 3.63) is 52.6 Å². The Bertz CT molecular complexity index is 545. The van der Waals surface area contributed by atoms with Crippen LogP contribution in [-0.4, -0.2) is 15.9 Å². The molecule has 0 radical (unpaired) electrons. The number of halogens is 2. The normalized spacial score (nSPS) is 10.0. The maximum absolute atomic E-state index is 12.6. The second-order valence-electron chi connectivity index (χ2n) is 3.18. The summed E-state index contributed by atoms with van der Waals surface area (Å²) in [6, 6.07) is 5.89. The molecule has 0 aliphatic heterocycles. The standard InChI is InChI=1S/C11H7BrFN3O/c12-8-3-4-14-10(5-8)16-11(17)7-1-2-9(13)15-6-7/h1-6H,(H,14,16,17). The summed E-state index contributed by atoms with van der Waals surface area (Å²) in [4.78, 5) is 19.1. The Morgan fingerprint density at radius 1 is 1.29 bits per heavy atom. The number of rotatable bonds is 2. The van der Waals surface area contributed by atoms with Crippen LogP contribution >= 0.6 is 15.9 Å². The number of carbonyl (C=O) groups is 1. The predicted octanol–water partition coefficient (Wildman–Crippen LogP) is 2.63. The van der Waals surface area contributed by atoms with Gasteiger partial charge in [-0.05, 0) is 24.3 Å². The van der Waals surface area contributed by atoms with Crippen molar-refractivity contribution in [2.24, 2.45) is 0 Å². The van der Waals surface area contributed by atoms with E-state index in [4.69, 9.17) is 0 Å². The largest absolute Gasteiger partial charge is 0.306 e. The van der Waals surface area contributed by atoms with Crippen molar-refractivity contribution >= 4 is 27.7 Å². The zero-order valence-corrected chi connectivity index (χ0v) is 10.1. The molecule has 0 atom stereocenters. The number of carbonyl (C=O) groups excluding carboxylic acids is 1. The van der Waals surface area contributed by atoms with Gasteiger partial charge in [0.2, 0.25) is 5.95 Å². The van der Waals surface area contributed by atoms with Gasteiger partial charge in [-0.25, -0.2) is 9.97 Å². The molecule has 0 unspecified atom stereocenters. The van der Waals surface area contributed by atoms with Gasteiger partial charge in [0.15, 0.2) is 0 Å². The van der Waals surface area contributed by atoms with E-state index in [0.717, 1.165) is 10.5 Å². The number of pyridine rings is 2. The van der Waals surface area contributed by atoms with Crippen LogP contribution in [0.1, 0.15) is 10.4 Å². The van der Waals surface area contributed by atoms with Crippen LogP contribution in [0.15, 0.2) is 41.1 Å². The van der Waals surface area contributed by atoms with Gasteiger partial charge in [0.25, 0.3) is 5.91 Å². The predicted molar refractivity (Wildman–Crippen MR) is 64.1 cm³/mol. The van der Waals surface area contributed by atoms with E-state index in [1.807, 2.05) is 0 Å². The van der Waals surface area contributed by atoms with Crippen molar-refractivity contribution < 1.29 is 9.18 Å². The summed E-state index contributed by atoms with van der Waals surface area (Å²) in [7, 11) is 0. The SMILES string of the molecule is O=C(Nc1cc(Br)ccn1)c1ccc(F)nc1. The van der Waals surface area contributed by atoms with Crippen molar-refractivity contribution in [1.82, 2.24) is 9.97 Å². The van der Waals surface area contributed by atoms with Crippen molar-refractivity contribution in [2.75, 3.05) is 5.32 Å². The highest BCUT2D eigenvalue weighted by Gasteiger charge is 2.07. The third-order valence-corrected chi connectivity index (χ3v) is 2.45. The first-order valence-corrected chi connectivity index (χ1v) is 5.49. The quantitative estimate of drug-likeness (QED) is 0.867. The molecular formula is C11H7BrFN3O. The Morgan fingerprint density at radius 3 is 2.76 bits per heavy atom. The van der Waals surface area contributed by atoms with Gasteiger partial charge in [0.05, 0.1) is 5.56 Å². The van der Waals surface area contributed by atoms with Gasteiger partial charge in [0.1, 0.15) is 5.82 Å². The number of anilines is 1. The Labute approximate surface area is 105 Å². The fourth-order valence-electron chi connectivity index (χ4n) is 1.17. The molecule has 1 N–H and O–H groups in total. The minimum absolute atomic E-state index is 0.271. The molecule has 17 heavy (non-hydrogen) atoms. The Hall–Kier alpha value is -1.82. The second-order valence-corrected chi connectivity index (χ2v) is 4.10. The number of amides is 1. The van der Waals surface area contributed by atoms with Gasteiger partial charge in [-0.1, -0.05) is 15.9 Å². The van der Waals surface area contributed by atoms with Crippen molar-refractivity contribution in [1.29, 1.82) is 0 Å². The second kappa shape index (κ2) is 5.01. The first kappa shape index (κ1) is 11.7. The van der Waals surface area contributed by atoms with Crippen molar-refractivity contribution in [3.8, 4) is 0 Å². The fraction of sp³-hybridized carbons (Fsp3) is 0. The summed E-state index contributed by atoms with van der Waals surface area (Å²) in [5.41, 5.74) is 0.271. The summed E-state index contributed by atoms with van der Waals surface area (Å²) >= 11 is 3.26. The lowest BCUT2D eigenvalue weighted by molar-refractivity contribution is 0.102. The van der Waals surface area contributed by atoms with E-state index in [1.165, 1.54) is 12.3 Å². The topological polar surface area (TPSA) is 54.9 Å². The highest BCUT2D eigenvalue weighted by molar-refractivity contribution is 9.10. The molecule has 6 heteroatoms. The van der Waals surface area contributed by atoms with Crippen LogP contribution in [0.4, 0.5) is 10.2 Å². The summed E-state index contributed by atoms with van der Waals surface area (Å²) in [5, 5.41) is 2.58. The van der Waals surface area contributed by atoms with Gasteiger partial charge in [-0.2, -0.15) is 4.39 Å². The van der Waals surface area contributed by atoms with E-state index in [-0.39, 0.29) is 11.5 Å². The van der Waals surface area contributed by atoms with Crippen LogP contribution in [0.2, 0.25) is 0 Å². The highest BCUT2D eigenvalue weighted by atomic mass is 79.9. The number of aromatic nitrogens is 2. The van der Waals surface area contributed by atoms with E-state index >= 15 is 0 Å². The first-order chi connectivity index (χ1) is 8.15. The molecule has 2 heterocycles. The maximum Gasteiger partial charge on any atom is 0.258 e. The average Bonchev–Trinajstić information content (AvgIpc) is 2.29. The maximum atomic E-state index is 12.6. The van der Waals surface area contributed by atoms with Crippen molar-refractivity contribution in [3.63, 3.8) is 0 Å². The van der Waals surface area contributed by atoms with E-state index in [9.17, 15) is 9.18 Å². The fourth-order valence-corrected chi connectivity index (χ4v) is 1.51. The molecule has 0 saturated carbocycles. The zero-order valence-electron chi connectivity index (χ0n) is 8.52. The van der Waals surface area contributed by atoms with Gasteiger partial charge in [0, 0.05) is 16.9 Å². The van der Waals surface area contributed by atoms with Crippen molar-refractivity contribution in [2.45, 2.75) is 0 Å². The van der Waals surface area contributed by atoms with E-state index in [0.29, 0.717) is 5.82 Å². The average molecular weight is 296 g/mol. The number of hydrogen-bond donors (Lipinski definition) is 1. The Morgan fingerprint density at radius 2 is 2.12 bits per heavy atom. The van der Waals surface area contributed by atoms with E-state index in [2.05, 4.69) is 31.2 Å². The van der Waals surface area contributed by atoms with Gasteiger partial charge >= 0.3 is 0 Å². The molecule has 0 aliphatic rings. The molecule has 0 spiro atoms. The number of hydrogen-bond acceptors (Lipinski definition) is 3. The lowest BCUT2D eigenvalue weighted by atomic mass is 10.2. The van der Waals surface area contributed by atoms with Crippen LogP contribution in [0.5, 0.6) is 0 Å². The molecule has 2 rings (SSSR count). The van der Waals surface area contributed by atoms with Crippen LogP contribution < -0.4 is 5.32 Å². The molecule has 0 bridgehead atoms. The molecule has 0 aromatic carbocycles. The molecule has 0 saturated heterocycles. The Balaban J connectivity index is 2.14. The highest BCUT2D eigenvalue weighted by Crippen LogP contribution is 2.13. The monoisotopic (exact) mass is 295 g/mol. The third-order valence-electron chi connectivity index (χ3n) is 1.95. The molecule has 4 nitrogen and oxygen atoms in total. The molecule has 2 aromatic heterocycles. The molecule has 2 aromatic rings. The summed E-state index contributed by atoms with van der Waals surface area (Å²) < 4.78 is 13.4. The Kier molecular flexibility index (Phi) is 3.43. The van der Waals surface area contributed by atoms with Gasteiger partial charge < -0.3 is 5.32 Å². The van der Waals surface area contributed by atoms with E-state index in [1.54, 1.807) is 18.3 Å². The molecular weight excluding hydrogens is 289 g/mol. The minimum Gasteiger partial charge on any atom is -0.306 e. The molecule has 0 aliphatic carbocycles. The molecule has 0 fully saturated rings. The zero-order chi connectivity index (χ0) is 12.3. The lowest BCUT2D eigenvalue weighted by Crippen LogP contribution is -2.13. The summed E-state index contributed by atoms with van der Waals surface area (Å²) in [5.74, 6) is -0.598. The lowest BCUT2D eigenvalue weighted by Gasteiger charge is -2.03. The first-order valence-electron chi connectivity index (χ1n) is 4.69. The van der Waals surface area contributed by atoms with Crippen LogP contribution in [-0.2, 0) is 0 Å². The van der Waals surface area contributed by atoms with E-state index < -0.39 is 5.95 Å². The van der Waals surface area contributed by atoms with Gasteiger partial charge in [-0.15, -0.1) is 0 Å². The minimum atomic E-state index is -0.623. The van der Waals surface area contributed by atoms with Crippen LogP contribution in [0.3, 0.4) is 0 Å². The van der Waals surface area contributed by atoms with Crippen LogP contribution in [0, 0.1) is 5.95 Å². The smallest absolute Gasteiger partial charge is 0.258 e. The molecule has 86 valence electrons. The molecule has 1 amide bonds. The van der Waals surface area contributed by atoms with Gasteiger partial charge in [-0.3, -0.25) is 4.79 Å². The van der Waals surface area contributed by atoms with Crippen LogP contribution in [0.25, 0.3) is 0 Å². The summed E-state index contributed by atoms with van der Waals surface area (Å²) in [6.07, 6.45) is 2.73. The number of nitrogens with zero attached hydrogens (tertiary/aromatic N) is 2. The summed E-state index contributed by atoms with van der Waals surface area (Å²) in [6.45, 7) is 0. The third kappa shape index (κ3) is 3.07.